The molecular weight excluding hydrogens is 449 g/mol. The average Bonchev–Trinajstić information content (AvgIpc) is 3.11. The molecule has 0 bridgehead atoms. The first-order valence-corrected chi connectivity index (χ1v) is 12.0. The fraction of sp³-hybridized carbons (Fsp3) is 0.423. The summed E-state index contributed by atoms with van der Waals surface area (Å²) in [6.45, 7) is 2.28. The van der Waals surface area contributed by atoms with E-state index < -0.39 is 5.82 Å². The lowest BCUT2D eigenvalue weighted by Crippen LogP contribution is -2.21. The first-order valence-electron chi connectivity index (χ1n) is 12.0. The summed E-state index contributed by atoms with van der Waals surface area (Å²) >= 11 is 0. The number of aryl methyl sites for hydroxylation is 1. The Bertz CT molecular complexity index is 1110. The number of hydrogen-bond acceptors (Lipinski definition) is 8. The molecule has 0 unspecified atom stereocenters. The minimum atomic E-state index is -0.413. The fourth-order valence-corrected chi connectivity index (χ4v) is 4.08. The fourth-order valence-electron chi connectivity index (χ4n) is 4.08. The summed E-state index contributed by atoms with van der Waals surface area (Å²) in [5.41, 5.74) is 1.81. The third-order valence-corrected chi connectivity index (χ3v) is 5.86. The lowest BCUT2D eigenvalue weighted by Gasteiger charge is -2.17. The van der Waals surface area contributed by atoms with Gasteiger partial charge >= 0.3 is 6.01 Å². The molecule has 35 heavy (non-hydrogen) atoms. The van der Waals surface area contributed by atoms with Crippen LogP contribution in [-0.2, 0) is 0 Å². The number of hydrogen-bond donors (Lipinski definition) is 2. The van der Waals surface area contributed by atoms with Crippen molar-refractivity contribution in [3.8, 4) is 17.5 Å². The van der Waals surface area contributed by atoms with Crippen LogP contribution in [0.1, 0.15) is 44.1 Å². The maximum atomic E-state index is 13.8. The van der Waals surface area contributed by atoms with Crippen molar-refractivity contribution in [1.82, 2.24) is 15.0 Å². The predicted molar refractivity (Wildman–Crippen MR) is 133 cm³/mol. The molecule has 0 radical (unpaired) electrons. The Morgan fingerprint density at radius 1 is 0.886 bits per heavy atom. The molecule has 2 aromatic carbocycles. The summed E-state index contributed by atoms with van der Waals surface area (Å²) in [5, 5.41) is 6.69. The maximum absolute atomic E-state index is 13.8. The van der Waals surface area contributed by atoms with E-state index in [2.05, 4.69) is 25.6 Å². The van der Waals surface area contributed by atoms with Gasteiger partial charge in [0.25, 0.3) is 0 Å². The molecule has 1 heterocycles. The Balaban J connectivity index is 1.46. The second-order valence-corrected chi connectivity index (χ2v) is 8.53. The van der Waals surface area contributed by atoms with E-state index in [1.807, 2.05) is 25.1 Å². The number of halogens is 1. The van der Waals surface area contributed by atoms with E-state index >= 15 is 0 Å². The van der Waals surface area contributed by atoms with E-state index in [9.17, 15) is 4.39 Å². The molecule has 1 aromatic heterocycles. The highest BCUT2D eigenvalue weighted by Gasteiger charge is 2.16. The summed E-state index contributed by atoms with van der Waals surface area (Å²) < 4.78 is 30.3. The van der Waals surface area contributed by atoms with Gasteiger partial charge in [-0.2, -0.15) is 15.0 Å². The van der Waals surface area contributed by atoms with Crippen molar-refractivity contribution in [3.05, 3.63) is 53.8 Å². The summed E-state index contributed by atoms with van der Waals surface area (Å²) in [7, 11) is 1.65. The highest BCUT2D eigenvalue weighted by Crippen LogP contribution is 2.25. The first kappa shape index (κ1) is 24.5. The molecule has 8 nitrogen and oxygen atoms in total. The van der Waals surface area contributed by atoms with E-state index in [1.54, 1.807) is 25.3 Å². The number of anilines is 3. The number of benzene rings is 2. The Hall–Kier alpha value is -3.62. The number of ether oxygens (including phenoxy) is 3. The topological polar surface area (TPSA) is 90.4 Å². The quantitative estimate of drug-likeness (QED) is 0.283. The zero-order chi connectivity index (χ0) is 24.5. The molecule has 1 saturated carbocycles. The van der Waals surface area contributed by atoms with Gasteiger partial charge in [-0.3, -0.25) is 0 Å². The van der Waals surface area contributed by atoms with Crippen molar-refractivity contribution in [2.24, 2.45) is 0 Å². The predicted octanol–water partition coefficient (Wildman–Crippen LogP) is 5.66. The van der Waals surface area contributed by atoms with E-state index in [4.69, 9.17) is 14.2 Å². The number of rotatable bonds is 10. The minimum absolute atomic E-state index is 0.151. The Kier molecular flexibility index (Phi) is 8.53. The zero-order valence-electron chi connectivity index (χ0n) is 20.2. The van der Waals surface area contributed by atoms with E-state index in [0.29, 0.717) is 17.9 Å². The Morgan fingerprint density at radius 2 is 1.63 bits per heavy atom. The van der Waals surface area contributed by atoms with Crippen molar-refractivity contribution in [3.63, 3.8) is 0 Å². The summed E-state index contributed by atoms with van der Waals surface area (Å²) in [6, 6.07) is 12.5. The third kappa shape index (κ3) is 7.18. The lowest BCUT2D eigenvalue weighted by molar-refractivity contribution is 0.201. The van der Waals surface area contributed by atoms with Crippen LogP contribution in [0.3, 0.4) is 0 Å². The highest BCUT2D eigenvalue weighted by atomic mass is 19.1. The summed E-state index contributed by atoms with van der Waals surface area (Å²) in [6.07, 6.45) is 7.06. The molecule has 1 fully saturated rings. The van der Waals surface area contributed by atoms with Crippen LogP contribution < -0.4 is 24.8 Å². The van der Waals surface area contributed by atoms with Gasteiger partial charge in [-0.15, -0.1) is 0 Å². The van der Waals surface area contributed by atoms with E-state index in [0.717, 1.165) is 29.8 Å². The molecule has 0 amide bonds. The molecule has 2 N–H and O–H groups in total. The van der Waals surface area contributed by atoms with Crippen LogP contribution in [-0.4, -0.2) is 41.3 Å². The van der Waals surface area contributed by atoms with Crippen LogP contribution in [0.15, 0.2) is 42.5 Å². The maximum Gasteiger partial charge on any atom is 0.323 e. The molecule has 0 spiro atoms. The van der Waals surface area contributed by atoms with E-state index in [1.165, 1.54) is 31.7 Å². The van der Waals surface area contributed by atoms with Crippen LogP contribution in [0.5, 0.6) is 17.5 Å². The molecular formula is C26H32FN5O3. The largest absolute Gasteiger partial charge is 0.496 e. The SMILES string of the molecule is COc1ccc(Nc2nc(NC3CCCCCC3)nc(OCCOc3ccccc3F)n2)cc1C. The number of nitrogens with zero attached hydrogens (tertiary/aromatic N) is 3. The van der Waals surface area contributed by atoms with Crippen LogP contribution in [0, 0.1) is 12.7 Å². The molecule has 186 valence electrons. The number of aromatic nitrogens is 3. The normalized spacial score (nSPS) is 14.1. The smallest absolute Gasteiger partial charge is 0.323 e. The second kappa shape index (κ2) is 12.2. The molecule has 0 aliphatic heterocycles. The Morgan fingerprint density at radius 3 is 2.37 bits per heavy atom. The average molecular weight is 482 g/mol. The number of methoxy groups -OCH3 is 1. The first-order chi connectivity index (χ1) is 17.1. The van der Waals surface area contributed by atoms with Crippen molar-refractivity contribution < 1.29 is 18.6 Å². The Labute approximate surface area is 205 Å². The van der Waals surface area contributed by atoms with Crippen LogP contribution >= 0.6 is 0 Å². The molecule has 9 heteroatoms. The van der Waals surface area contributed by atoms with Crippen molar-refractivity contribution in [2.45, 2.75) is 51.5 Å². The van der Waals surface area contributed by atoms with Gasteiger partial charge in [0.2, 0.25) is 11.9 Å². The number of nitrogens with one attached hydrogen (secondary N) is 2. The van der Waals surface area contributed by atoms with Gasteiger partial charge in [0.1, 0.15) is 19.0 Å². The summed E-state index contributed by atoms with van der Waals surface area (Å²) in [5.74, 6) is 1.40. The zero-order valence-corrected chi connectivity index (χ0v) is 20.2. The van der Waals surface area contributed by atoms with Crippen LogP contribution in [0.25, 0.3) is 0 Å². The van der Waals surface area contributed by atoms with Gasteiger partial charge in [0, 0.05) is 11.7 Å². The van der Waals surface area contributed by atoms with Crippen molar-refractivity contribution in [1.29, 1.82) is 0 Å². The molecule has 4 rings (SSSR count). The molecule has 1 aliphatic carbocycles. The molecule has 0 atom stereocenters. The molecule has 1 aliphatic rings. The highest BCUT2D eigenvalue weighted by molar-refractivity contribution is 5.58. The standard InChI is InChI=1S/C26H32FN5O3/c1-18-17-20(13-14-22(18)33-2)29-25-30-24(28-19-9-5-3-4-6-10-19)31-26(32-25)35-16-15-34-23-12-8-7-11-21(23)27/h7-8,11-14,17,19H,3-6,9-10,15-16H2,1-2H3,(H2,28,29,30,31,32). The van der Waals surface area contributed by atoms with E-state index in [-0.39, 0.29) is 25.0 Å². The summed E-state index contributed by atoms with van der Waals surface area (Å²) in [4.78, 5) is 13.5. The van der Waals surface area contributed by atoms with Gasteiger partial charge in [-0.1, -0.05) is 37.8 Å². The van der Waals surface area contributed by atoms with Crippen molar-refractivity contribution >= 4 is 17.6 Å². The monoisotopic (exact) mass is 481 g/mol. The van der Waals surface area contributed by atoms with Gasteiger partial charge in [0.15, 0.2) is 11.6 Å². The molecule has 0 saturated heterocycles. The van der Waals surface area contributed by atoms with Gasteiger partial charge in [0.05, 0.1) is 7.11 Å². The van der Waals surface area contributed by atoms with Crippen LogP contribution in [0.4, 0.5) is 22.0 Å². The molecule has 3 aromatic rings. The van der Waals surface area contributed by atoms with Crippen molar-refractivity contribution in [2.75, 3.05) is 31.0 Å². The third-order valence-electron chi connectivity index (χ3n) is 5.86. The van der Waals surface area contributed by atoms with Gasteiger partial charge in [-0.05, 0) is 55.7 Å². The van der Waals surface area contributed by atoms with Gasteiger partial charge < -0.3 is 24.8 Å². The number of para-hydroxylation sites is 1. The minimum Gasteiger partial charge on any atom is -0.496 e. The van der Waals surface area contributed by atoms with Crippen LogP contribution in [0.2, 0.25) is 0 Å². The van der Waals surface area contributed by atoms with Gasteiger partial charge in [-0.25, -0.2) is 4.39 Å². The lowest BCUT2D eigenvalue weighted by atomic mass is 10.1. The second-order valence-electron chi connectivity index (χ2n) is 8.53.